The Labute approximate surface area is 161 Å². The second-order valence-corrected chi connectivity index (χ2v) is 7.06. The van der Waals surface area contributed by atoms with Crippen LogP contribution in [0.4, 0.5) is 16.2 Å². The van der Waals surface area contributed by atoms with Crippen LogP contribution in [0.5, 0.6) is 0 Å². The van der Waals surface area contributed by atoms with Crippen LogP contribution in [-0.2, 0) is 0 Å². The minimum Gasteiger partial charge on any atom is -0.367 e. The van der Waals surface area contributed by atoms with E-state index in [0.717, 1.165) is 18.6 Å². The van der Waals surface area contributed by atoms with Crippen LogP contribution in [0.2, 0.25) is 10.0 Å². The molecule has 4 rings (SSSR count). The van der Waals surface area contributed by atoms with Gasteiger partial charge < -0.3 is 20.1 Å². The maximum Gasteiger partial charge on any atom is 0.321 e. The van der Waals surface area contributed by atoms with Crippen LogP contribution in [0.25, 0.3) is 10.9 Å². The maximum absolute atomic E-state index is 12.5. The van der Waals surface area contributed by atoms with Crippen LogP contribution in [0.15, 0.2) is 48.7 Å². The Hall–Kier alpha value is -2.37. The molecule has 3 aromatic rings. The molecule has 0 aliphatic carbocycles. The summed E-state index contributed by atoms with van der Waals surface area (Å²) in [5, 5.41) is 4.98. The summed E-state index contributed by atoms with van der Waals surface area (Å²) in [6, 6.07) is 13.3. The molecule has 0 radical (unpaired) electrons. The number of aromatic nitrogens is 1. The second kappa shape index (κ2) is 7.09. The maximum atomic E-state index is 12.5. The number of fused-ring (bicyclic) bond motifs is 1. The number of nitrogens with one attached hydrogen (secondary N) is 2. The highest BCUT2D eigenvalue weighted by atomic mass is 35.5. The molecule has 2 aromatic carbocycles. The van der Waals surface area contributed by atoms with Crippen LogP contribution < -0.4 is 10.2 Å². The topological polar surface area (TPSA) is 51.4 Å². The van der Waals surface area contributed by atoms with Crippen molar-refractivity contribution < 1.29 is 4.79 Å². The zero-order valence-electron chi connectivity index (χ0n) is 14.0. The zero-order valence-corrected chi connectivity index (χ0v) is 15.5. The molecular formula is C19H18Cl2N4O. The van der Waals surface area contributed by atoms with Crippen LogP contribution >= 0.6 is 23.2 Å². The normalized spacial score (nSPS) is 14.7. The number of rotatable bonds is 2. The van der Waals surface area contributed by atoms with Crippen LogP contribution in [0, 0.1) is 0 Å². The van der Waals surface area contributed by atoms with Crippen molar-refractivity contribution in [3.8, 4) is 0 Å². The van der Waals surface area contributed by atoms with Gasteiger partial charge >= 0.3 is 6.03 Å². The highest BCUT2D eigenvalue weighted by Crippen LogP contribution is 2.28. The number of hydrogen-bond acceptors (Lipinski definition) is 2. The summed E-state index contributed by atoms with van der Waals surface area (Å²) in [7, 11) is 0. The van der Waals surface area contributed by atoms with E-state index in [1.165, 1.54) is 11.1 Å². The number of urea groups is 1. The smallest absolute Gasteiger partial charge is 0.321 e. The first-order valence-corrected chi connectivity index (χ1v) is 9.19. The van der Waals surface area contributed by atoms with E-state index in [4.69, 9.17) is 23.2 Å². The molecule has 1 aromatic heterocycles. The molecule has 0 spiro atoms. The van der Waals surface area contributed by atoms with Crippen molar-refractivity contribution in [1.29, 1.82) is 0 Å². The summed E-state index contributed by atoms with van der Waals surface area (Å²) < 4.78 is 0. The van der Waals surface area contributed by atoms with Gasteiger partial charge in [0.15, 0.2) is 0 Å². The van der Waals surface area contributed by atoms with Gasteiger partial charge in [-0.2, -0.15) is 0 Å². The molecule has 7 heteroatoms. The number of anilines is 2. The molecule has 2 heterocycles. The van der Waals surface area contributed by atoms with Crippen LogP contribution in [0.1, 0.15) is 0 Å². The fourth-order valence-corrected chi connectivity index (χ4v) is 3.57. The minimum absolute atomic E-state index is 0.122. The Morgan fingerprint density at radius 2 is 1.81 bits per heavy atom. The molecule has 0 bridgehead atoms. The van der Waals surface area contributed by atoms with Gasteiger partial charge in [-0.25, -0.2) is 4.79 Å². The second-order valence-electron chi connectivity index (χ2n) is 6.25. The number of carbonyl (C=O) groups excluding carboxylic acids is 1. The highest BCUT2D eigenvalue weighted by Gasteiger charge is 2.22. The predicted molar refractivity (Wildman–Crippen MR) is 108 cm³/mol. The molecule has 0 atom stereocenters. The number of carbonyl (C=O) groups is 1. The van der Waals surface area contributed by atoms with Gasteiger partial charge in [0.1, 0.15) is 0 Å². The molecular weight excluding hydrogens is 371 g/mol. The SMILES string of the molecule is O=C(Nc1ccc(Cl)c(Cl)c1)N1CCN(c2cccc3[nH]ccc23)CC1. The third-order valence-corrected chi connectivity index (χ3v) is 5.39. The van der Waals surface area contributed by atoms with Crippen molar-refractivity contribution in [2.24, 2.45) is 0 Å². The van der Waals surface area contributed by atoms with Gasteiger partial charge in [0.05, 0.1) is 10.0 Å². The van der Waals surface area contributed by atoms with Crippen LogP contribution in [-0.4, -0.2) is 42.1 Å². The van der Waals surface area contributed by atoms with Gasteiger partial charge in [-0.15, -0.1) is 0 Å². The molecule has 2 N–H and O–H groups in total. The Balaban J connectivity index is 1.40. The lowest BCUT2D eigenvalue weighted by Crippen LogP contribution is -2.50. The molecule has 1 fully saturated rings. The predicted octanol–water partition coefficient (Wildman–Crippen LogP) is 4.83. The number of benzene rings is 2. The van der Waals surface area contributed by atoms with E-state index in [-0.39, 0.29) is 6.03 Å². The minimum atomic E-state index is -0.122. The van der Waals surface area contributed by atoms with Gasteiger partial charge in [-0.3, -0.25) is 0 Å². The molecule has 0 unspecified atom stereocenters. The monoisotopic (exact) mass is 388 g/mol. The van der Waals surface area contributed by atoms with E-state index in [1.54, 1.807) is 18.2 Å². The van der Waals surface area contributed by atoms with Crippen molar-refractivity contribution in [2.75, 3.05) is 36.4 Å². The van der Waals surface area contributed by atoms with E-state index < -0.39 is 0 Å². The lowest BCUT2D eigenvalue weighted by atomic mass is 10.2. The number of H-pyrrole nitrogens is 1. The average molecular weight is 389 g/mol. The quantitative estimate of drug-likeness (QED) is 0.660. The lowest BCUT2D eigenvalue weighted by Gasteiger charge is -2.36. The third kappa shape index (κ3) is 3.32. The van der Waals surface area contributed by atoms with Crippen molar-refractivity contribution in [3.05, 3.63) is 58.7 Å². The van der Waals surface area contributed by atoms with Crippen molar-refractivity contribution >= 4 is 51.5 Å². The fraction of sp³-hybridized carbons (Fsp3) is 0.211. The first-order valence-electron chi connectivity index (χ1n) is 8.44. The number of hydrogen-bond donors (Lipinski definition) is 2. The summed E-state index contributed by atoms with van der Waals surface area (Å²) >= 11 is 11.9. The summed E-state index contributed by atoms with van der Waals surface area (Å²) in [5.41, 5.74) is 2.97. The Bertz CT molecular complexity index is 948. The van der Waals surface area contributed by atoms with E-state index in [2.05, 4.69) is 39.5 Å². The molecule has 5 nitrogen and oxygen atoms in total. The standard InChI is InChI=1S/C19H18Cl2N4O/c20-15-5-4-13(12-16(15)21)23-19(26)25-10-8-24(9-11-25)18-3-1-2-17-14(18)6-7-22-17/h1-7,12,22H,8-11H2,(H,23,26). The van der Waals surface area contributed by atoms with Gasteiger partial charge in [0.25, 0.3) is 0 Å². The first kappa shape index (κ1) is 17.1. The molecule has 1 saturated heterocycles. The molecule has 134 valence electrons. The number of aromatic amines is 1. The fourth-order valence-electron chi connectivity index (χ4n) is 3.27. The number of halogens is 2. The van der Waals surface area contributed by atoms with E-state index in [0.29, 0.717) is 28.8 Å². The molecule has 1 aliphatic rings. The zero-order chi connectivity index (χ0) is 18.1. The molecule has 26 heavy (non-hydrogen) atoms. The summed E-state index contributed by atoms with van der Waals surface area (Å²) in [5.74, 6) is 0. The van der Waals surface area contributed by atoms with Gasteiger partial charge in [0, 0.05) is 54.7 Å². The number of nitrogens with zero attached hydrogens (tertiary/aromatic N) is 2. The lowest BCUT2D eigenvalue weighted by molar-refractivity contribution is 0.208. The highest BCUT2D eigenvalue weighted by molar-refractivity contribution is 6.42. The summed E-state index contributed by atoms with van der Waals surface area (Å²) in [4.78, 5) is 19.9. The summed E-state index contributed by atoms with van der Waals surface area (Å²) in [6.07, 6.45) is 1.95. The number of piperazine rings is 1. The van der Waals surface area contributed by atoms with Gasteiger partial charge in [-0.1, -0.05) is 29.3 Å². The average Bonchev–Trinajstić information content (AvgIpc) is 3.14. The van der Waals surface area contributed by atoms with Crippen LogP contribution in [0.3, 0.4) is 0 Å². The Morgan fingerprint density at radius 3 is 2.58 bits per heavy atom. The first-order chi connectivity index (χ1) is 12.6. The van der Waals surface area contributed by atoms with E-state index >= 15 is 0 Å². The van der Waals surface area contributed by atoms with Gasteiger partial charge in [0.2, 0.25) is 0 Å². The van der Waals surface area contributed by atoms with Crippen molar-refractivity contribution in [1.82, 2.24) is 9.88 Å². The number of amides is 2. The van der Waals surface area contributed by atoms with Crippen molar-refractivity contribution in [2.45, 2.75) is 0 Å². The van der Waals surface area contributed by atoms with Crippen molar-refractivity contribution in [3.63, 3.8) is 0 Å². The molecule has 2 amide bonds. The third-order valence-electron chi connectivity index (χ3n) is 4.65. The van der Waals surface area contributed by atoms with Gasteiger partial charge in [-0.05, 0) is 36.4 Å². The molecule has 1 aliphatic heterocycles. The van der Waals surface area contributed by atoms with E-state index in [9.17, 15) is 4.79 Å². The van der Waals surface area contributed by atoms with E-state index in [1.807, 2.05) is 11.1 Å². The molecule has 0 saturated carbocycles. The summed E-state index contributed by atoms with van der Waals surface area (Å²) in [6.45, 7) is 2.90. The Morgan fingerprint density at radius 1 is 1.00 bits per heavy atom. The largest absolute Gasteiger partial charge is 0.367 e. The Kier molecular flexibility index (Phi) is 4.66.